The number of hydrogen-bond donors (Lipinski definition) is 1. The molecular formula is C15H16FN3O. The Morgan fingerprint density at radius 2 is 1.85 bits per heavy atom. The molecular weight excluding hydrogens is 257 g/mol. The SMILES string of the molecule is Fc1c(NC2CCOCC2)ncnc1-c1ccccc1. The van der Waals surface area contributed by atoms with Crippen molar-refractivity contribution in [2.45, 2.75) is 18.9 Å². The molecule has 0 amide bonds. The molecule has 3 rings (SSSR count). The molecule has 1 aromatic heterocycles. The molecule has 1 aliphatic rings. The molecule has 0 spiro atoms. The summed E-state index contributed by atoms with van der Waals surface area (Å²) in [6.45, 7) is 1.41. The second-order valence-corrected chi connectivity index (χ2v) is 4.78. The van der Waals surface area contributed by atoms with E-state index >= 15 is 0 Å². The fourth-order valence-corrected chi connectivity index (χ4v) is 2.30. The zero-order chi connectivity index (χ0) is 13.8. The van der Waals surface area contributed by atoms with Crippen LogP contribution in [0.25, 0.3) is 11.3 Å². The second kappa shape index (κ2) is 5.96. The average molecular weight is 273 g/mol. The quantitative estimate of drug-likeness (QED) is 0.934. The summed E-state index contributed by atoms with van der Waals surface area (Å²) in [7, 11) is 0. The average Bonchev–Trinajstić information content (AvgIpc) is 2.51. The number of aromatic nitrogens is 2. The van der Waals surface area contributed by atoms with Gasteiger partial charge in [0.1, 0.15) is 12.0 Å². The smallest absolute Gasteiger partial charge is 0.191 e. The summed E-state index contributed by atoms with van der Waals surface area (Å²) in [6.07, 6.45) is 3.13. The van der Waals surface area contributed by atoms with Gasteiger partial charge in [0.2, 0.25) is 0 Å². The van der Waals surface area contributed by atoms with Crippen LogP contribution in [0.3, 0.4) is 0 Å². The highest BCUT2D eigenvalue weighted by Gasteiger charge is 2.18. The van der Waals surface area contributed by atoms with Gasteiger partial charge in [-0.15, -0.1) is 0 Å². The molecule has 1 fully saturated rings. The number of hydrogen-bond acceptors (Lipinski definition) is 4. The van der Waals surface area contributed by atoms with E-state index in [0.29, 0.717) is 18.9 Å². The molecule has 2 aromatic rings. The topological polar surface area (TPSA) is 47.0 Å². The standard InChI is InChI=1S/C15H16FN3O/c16-13-14(11-4-2-1-3-5-11)17-10-18-15(13)19-12-6-8-20-9-7-12/h1-5,10,12H,6-9H2,(H,17,18,19). The van der Waals surface area contributed by atoms with Crippen molar-refractivity contribution in [2.75, 3.05) is 18.5 Å². The summed E-state index contributed by atoms with van der Waals surface area (Å²) in [5.41, 5.74) is 1.08. The van der Waals surface area contributed by atoms with E-state index in [4.69, 9.17) is 4.74 Å². The van der Waals surface area contributed by atoms with Crippen molar-refractivity contribution in [3.8, 4) is 11.3 Å². The normalized spacial score (nSPS) is 16.1. The molecule has 0 radical (unpaired) electrons. The van der Waals surface area contributed by atoms with E-state index in [9.17, 15) is 4.39 Å². The maximum Gasteiger partial charge on any atom is 0.191 e. The lowest BCUT2D eigenvalue weighted by Gasteiger charge is -2.23. The van der Waals surface area contributed by atoms with Gasteiger partial charge in [-0.1, -0.05) is 30.3 Å². The first-order chi connectivity index (χ1) is 9.84. The first kappa shape index (κ1) is 13.0. The van der Waals surface area contributed by atoms with Crippen molar-refractivity contribution in [3.63, 3.8) is 0 Å². The van der Waals surface area contributed by atoms with Crippen molar-refractivity contribution in [1.82, 2.24) is 9.97 Å². The van der Waals surface area contributed by atoms with Gasteiger partial charge in [0.15, 0.2) is 11.6 Å². The molecule has 0 atom stereocenters. The lowest BCUT2D eigenvalue weighted by atomic mass is 10.1. The summed E-state index contributed by atoms with van der Waals surface area (Å²) in [4.78, 5) is 8.07. The Kier molecular flexibility index (Phi) is 3.87. The highest BCUT2D eigenvalue weighted by molar-refractivity contribution is 5.63. The van der Waals surface area contributed by atoms with Crippen molar-refractivity contribution in [2.24, 2.45) is 0 Å². The number of halogens is 1. The lowest BCUT2D eigenvalue weighted by molar-refractivity contribution is 0.0903. The van der Waals surface area contributed by atoms with Crippen molar-refractivity contribution in [3.05, 3.63) is 42.5 Å². The first-order valence-corrected chi connectivity index (χ1v) is 6.75. The maximum absolute atomic E-state index is 14.5. The van der Waals surface area contributed by atoms with Gasteiger partial charge >= 0.3 is 0 Å². The molecule has 1 aliphatic heterocycles. The third-order valence-electron chi connectivity index (χ3n) is 3.40. The van der Waals surface area contributed by atoms with E-state index in [-0.39, 0.29) is 11.9 Å². The van der Waals surface area contributed by atoms with Gasteiger partial charge in [-0.25, -0.2) is 14.4 Å². The Balaban J connectivity index is 1.85. The molecule has 2 heterocycles. The minimum atomic E-state index is -0.398. The zero-order valence-electron chi connectivity index (χ0n) is 11.1. The number of nitrogens with one attached hydrogen (secondary N) is 1. The molecule has 0 bridgehead atoms. The Labute approximate surface area is 117 Å². The minimum Gasteiger partial charge on any atom is -0.381 e. The van der Waals surface area contributed by atoms with Crippen LogP contribution in [0.4, 0.5) is 10.2 Å². The number of anilines is 1. The van der Waals surface area contributed by atoms with Crippen LogP contribution in [-0.2, 0) is 4.74 Å². The second-order valence-electron chi connectivity index (χ2n) is 4.78. The van der Waals surface area contributed by atoms with E-state index in [1.807, 2.05) is 30.3 Å². The van der Waals surface area contributed by atoms with E-state index in [1.54, 1.807) is 0 Å². The van der Waals surface area contributed by atoms with E-state index in [0.717, 1.165) is 18.4 Å². The highest BCUT2D eigenvalue weighted by atomic mass is 19.1. The Morgan fingerprint density at radius 3 is 2.60 bits per heavy atom. The predicted octanol–water partition coefficient (Wildman–Crippen LogP) is 2.87. The molecule has 5 heteroatoms. The van der Waals surface area contributed by atoms with Crippen LogP contribution >= 0.6 is 0 Å². The van der Waals surface area contributed by atoms with Crippen LogP contribution in [0.2, 0.25) is 0 Å². The number of nitrogens with zero attached hydrogens (tertiary/aromatic N) is 2. The van der Waals surface area contributed by atoms with Gasteiger partial charge < -0.3 is 10.1 Å². The summed E-state index contributed by atoms with van der Waals surface area (Å²) in [5, 5.41) is 3.15. The fraction of sp³-hybridized carbons (Fsp3) is 0.333. The fourth-order valence-electron chi connectivity index (χ4n) is 2.30. The van der Waals surface area contributed by atoms with E-state index in [1.165, 1.54) is 6.33 Å². The summed E-state index contributed by atoms with van der Waals surface area (Å²) < 4.78 is 19.8. The molecule has 1 aromatic carbocycles. The monoisotopic (exact) mass is 273 g/mol. The number of ether oxygens (including phenoxy) is 1. The molecule has 104 valence electrons. The summed E-state index contributed by atoms with van der Waals surface area (Å²) in [6, 6.07) is 9.50. The van der Waals surface area contributed by atoms with Gasteiger partial charge in [0.25, 0.3) is 0 Å². The van der Waals surface area contributed by atoms with Crippen LogP contribution in [0.1, 0.15) is 12.8 Å². The molecule has 0 aliphatic carbocycles. The van der Waals surface area contributed by atoms with Crippen molar-refractivity contribution < 1.29 is 9.13 Å². The Bertz CT molecular complexity index is 571. The van der Waals surface area contributed by atoms with Crippen LogP contribution in [-0.4, -0.2) is 29.2 Å². The third kappa shape index (κ3) is 2.77. The highest BCUT2D eigenvalue weighted by Crippen LogP contribution is 2.24. The molecule has 4 nitrogen and oxygen atoms in total. The first-order valence-electron chi connectivity index (χ1n) is 6.75. The number of rotatable bonds is 3. The minimum absolute atomic E-state index is 0.205. The zero-order valence-corrected chi connectivity index (χ0v) is 11.1. The van der Waals surface area contributed by atoms with Gasteiger partial charge in [-0.2, -0.15) is 0 Å². The van der Waals surface area contributed by atoms with Crippen molar-refractivity contribution >= 4 is 5.82 Å². The van der Waals surface area contributed by atoms with Crippen LogP contribution < -0.4 is 5.32 Å². The molecule has 1 N–H and O–H groups in total. The van der Waals surface area contributed by atoms with Crippen LogP contribution in [0.15, 0.2) is 36.7 Å². The van der Waals surface area contributed by atoms with Crippen LogP contribution in [0, 0.1) is 5.82 Å². The van der Waals surface area contributed by atoms with Gasteiger partial charge in [-0.05, 0) is 12.8 Å². The largest absolute Gasteiger partial charge is 0.381 e. The maximum atomic E-state index is 14.5. The van der Waals surface area contributed by atoms with Gasteiger partial charge in [0.05, 0.1) is 0 Å². The molecule has 20 heavy (non-hydrogen) atoms. The van der Waals surface area contributed by atoms with Gasteiger partial charge in [-0.3, -0.25) is 0 Å². The Morgan fingerprint density at radius 1 is 1.10 bits per heavy atom. The third-order valence-corrected chi connectivity index (χ3v) is 3.40. The van der Waals surface area contributed by atoms with Crippen molar-refractivity contribution in [1.29, 1.82) is 0 Å². The molecule has 0 unspecified atom stereocenters. The van der Waals surface area contributed by atoms with E-state index < -0.39 is 5.82 Å². The van der Waals surface area contributed by atoms with Crippen LogP contribution in [0.5, 0.6) is 0 Å². The van der Waals surface area contributed by atoms with E-state index in [2.05, 4.69) is 15.3 Å². The Hall–Kier alpha value is -2.01. The summed E-state index contributed by atoms with van der Waals surface area (Å²) >= 11 is 0. The molecule has 1 saturated heterocycles. The summed E-state index contributed by atoms with van der Waals surface area (Å²) in [5.74, 6) is -0.129. The molecule has 0 saturated carbocycles. The lowest BCUT2D eigenvalue weighted by Crippen LogP contribution is -2.28. The van der Waals surface area contributed by atoms with Gasteiger partial charge in [0, 0.05) is 24.8 Å². The predicted molar refractivity (Wildman–Crippen MR) is 74.9 cm³/mol. The number of benzene rings is 1.